The fourth-order valence-electron chi connectivity index (χ4n) is 4.62. The van der Waals surface area contributed by atoms with Gasteiger partial charge in [0.05, 0.1) is 51.8 Å². The number of pyridine rings is 2. The van der Waals surface area contributed by atoms with Crippen molar-refractivity contribution in [3.8, 4) is 40.6 Å². The average Bonchev–Trinajstić information content (AvgIpc) is 3.51. The third-order valence-electron chi connectivity index (χ3n) is 6.69. The molecule has 0 unspecified atom stereocenters. The van der Waals surface area contributed by atoms with E-state index in [4.69, 9.17) is 9.47 Å². The van der Waals surface area contributed by atoms with Crippen LogP contribution in [0.4, 0.5) is 0 Å². The highest BCUT2D eigenvalue weighted by Gasteiger charge is 2.22. The molecule has 0 saturated carbocycles. The summed E-state index contributed by atoms with van der Waals surface area (Å²) in [6.45, 7) is 3.87. The van der Waals surface area contributed by atoms with Gasteiger partial charge in [-0.05, 0) is 61.4 Å². The zero-order valence-electron chi connectivity index (χ0n) is 20.4. The summed E-state index contributed by atoms with van der Waals surface area (Å²) in [5.74, 6) is 1.44. The fraction of sp³-hybridized carbons (Fsp3) is 0.179. The molecule has 3 aromatic heterocycles. The summed E-state index contributed by atoms with van der Waals surface area (Å²) in [6.07, 6.45) is 5.41. The Morgan fingerprint density at radius 3 is 2.49 bits per heavy atom. The number of benzene rings is 2. The molecule has 6 rings (SSSR count). The highest BCUT2D eigenvalue weighted by molar-refractivity contribution is 6.04. The molecular formula is C28H21N7O2. The van der Waals surface area contributed by atoms with Crippen LogP contribution in [-0.4, -0.2) is 25.9 Å². The molecule has 1 aliphatic rings. The maximum Gasteiger partial charge on any atom is 0.231 e. The van der Waals surface area contributed by atoms with Crippen LogP contribution < -0.4 is 15.1 Å². The first-order valence-electron chi connectivity index (χ1n) is 11.6. The SMILES string of the molecule is Cn1/c(=N/C#N)n(-c2ccc(C(C)(C)C#N)nc2)c2c3cc(-c4ccc5c(c4)OCO5)ccc3ncc21. The number of nitriles is 2. The number of fused-ring (bicyclic) bond motifs is 4. The number of rotatable bonds is 3. The Balaban J connectivity index is 1.63. The molecule has 9 heteroatoms. The Kier molecular flexibility index (Phi) is 4.96. The lowest BCUT2D eigenvalue weighted by Crippen LogP contribution is -2.23. The first-order valence-corrected chi connectivity index (χ1v) is 11.6. The van der Waals surface area contributed by atoms with Crippen molar-refractivity contribution in [1.82, 2.24) is 19.1 Å². The van der Waals surface area contributed by atoms with E-state index < -0.39 is 5.41 Å². The van der Waals surface area contributed by atoms with Gasteiger partial charge in [0.15, 0.2) is 11.5 Å². The molecule has 2 aromatic carbocycles. The van der Waals surface area contributed by atoms with Gasteiger partial charge in [-0.15, -0.1) is 4.99 Å². The van der Waals surface area contributed by atoms with Crippen LogP contribution in [0.2, 0.25) is 0 Å². The third kappa shape index (κ3) is 3.48. The van der Waals surface area contributed by atoms with Crippen molar-refractivity contribution in [2.75, 3.05) is 6.79 Å². The van der Waals surface area contributed by atoms with E-state index in [1.165, 1.54) is 0 Å². The first-order chi connectivity index (χ1) is 17.9. The quantitative estimate of drug-likeness (QED) is 0.347. The van der Waals surface area contributed by atoms with Crippen LogP contribution in [-0.2, 0) is 12.5 Å². The lowest BCUT2D eigenvalue weighted by atomic mass is 9.91. The zero-order chi connectivity index (χ0) is 25.7. The van der Waals surface area contributed by atoms with Gasteiger partial charge in [0.2, 0.25) is 18.6 Å². The van der Waals surface area contributed by atoms with Crippen molar-refractivity contribution in [2.45, 2.75) is 19.3 Å². The Labute approximate surface area is 212 Å². The molecule has 180 valence electrons. The highest BCUT2D eigenvalue weighted by atomic mass is 16.7. The predicted octanol–water partition coefficient (Wildman–Crippen LogP) is 4.49. The van der Waals surface area contributed by atoms with E-state index in [1.807, 2.05) is 78.7 Å². The number of nitrogens with zero attached hydrogens (tertiary/aromatic N) is 7. The fourth-order valence-corrected chi connectivity index (χ4v) is 4.62. The van der Waals surface area contributed by atoms with Gasteiger partial charge in [0.25, 0.3) is 0 Å². The Hall–Kier alpha value is -5.15. The molecule has 0 spiro atoms. The van der Waals surface area contributed by atoms with Gasteiger partial charge in [0.1, 0.15) is 0 Å². The molecule has 0 fully saturated rings. The second kappa shape index (κ2) is 8.21. The minimum atomic E-state index is -0.724. The van der Waals surface area contributed by atoms with Crippen molar-refractivity contribution in [3.63, 3.8) is 0 Å². The van der Waals surface area contributed by atoms with Crippen LogP contribution in [0.5, 0.6) is 11.5 Å². The van der Waals surface area contributed by atoms with E-state index in [0.717, 1.165) is 44.5 Å². The van der Waals surface area contributed by atoms with E-state index in [0.29, 0.717) is 17.1 Å². The van der Waals surface area contributed by atoms with Gasteiger partial charge in [-0.1, -0.05) is 12.1 Å². The Morgan fingerprint density at radius 1 is 0.946 bits per heavy atom. The monoisotopic (exact) mass is 487 g/mol. The molecule has 37 heavy (non-hydrogen) atoms. The van der Waals surface area contributed by atoms with E-state index in [-0.39, 0.29) is 6.79 Å². The second-order valence-electron chi connectivity index (χ2n) is 9.34. The summed E-state index contributed by atoms with van der Waals surface area (Å²) in [7, 11) is 1.85. The topological polar surface area (TPSA) is 114 Å². The smallest absolute Gasteiger partial charge is 0.231 e. The van der Waals surface area contributed by atoms with Gasteiger partial charge in [0, 0.05) is 12.4 Å². The van der Waals surface area contributed by atoms with Gasteiger partial charge in [-0.3, -0.25) is 14.5 Å². The van der Waals surface area contributed by atoms with Crippen LogP contribution in [0.3, 0.4) is 0 Å². The number of aryl methyl sites for hydroxylation is 1. The van der Waals surface area contributed by atoms with Crippen molar-refractivity contribution in [1.29, 1.82) is 10.5 Å². The van der Waals surface area contributed by atoms with Crippen LogP contribution in [0.1, 0.15) is 19.5 Å². The molecular weight excluding hydrogens is 466 g/mol. The van der Waals surface area contributed by atoms with Crippen molar-refractivity contribution < 1.29 is 9.47 Å². The molecule has 0 aliphatic carbocycles. The van der Waals surface area contributed by atoms with Crippen LogP contribution in [0.15, 0.2) is 65.9 Å². The van der Waals surface area contributed by atoms with E-state index in [1.54, 1.807) is 12.4 Å². The van der Waals surface area contributed by atoms with Crippen molar-refractivity contribution in [2.24, 2.45) is 12.0 Å². The van der Waals surface area contributed by atoms with E-state index in [2.05, 4.69) is 27.1 Å². The summed E-state index contributed by atoms with van der Waals surface area (Å²) >= 11 is 0. The molecule has 0 amide bonds. The normalized spacial score (nSPS) is 13.2. The molecule has 4 heterocycles. The number of imidazole rings is 1. The lowest BCUT2D eigenvalue weighted by Gasteiger charge is -2.15. The summed E-state index contributed by atoms with van der Waals surface area (Å²) < 4.78 is 14.8. The molecule has 1 aliphatic heterocycles. The van der Waals surface area contributed by atoms with Gasteiger partial charge in [-0.25, -0.2) is 0 Å². The van der Waals surface area contributed by atoms with Crippen molar-refractivity contribution in [3.05, 3.63) is 72.2 Å². The van der Waals surface area contributed by atoms with E-state index in [9.17, 15) is 10.5 Å². The summed E-state index contributed by atoms with van der Waals surface area (Å²) in [5.41, 5.74) is 5.52. The largest absolute Gasteiger partial charge is 0.454 e. The minimum Gasteiger partial charge on any atom is -0.454 e. The molecule has 0 saturated heterocycles. The minimum absolute atomic E-state index is 0.217. The first kappa shape index (κ1) is 22.3. The number of hydrogen-bond acceptors (Lipinski definition) is 7. The standard InChI is InChI=1S/C28H21N7O2/c1-28(2,14-29)25-9-6-19(12-32-25)35-26-20-10-17(18-5-8-23-24(11-18)37-16-36-23)4-7-21(20)31-13-22(26)34(3)27(35)33-15-30/h4-13H,16H2,1-3H3/b33-27-. The molecule has 0 N–H and O–H groups in total. The summed E-state index contributed by atoms with van der Waals surface area (Å²) in [5, 5.41) is 19.9. The molecule has 0 atom stereocenters. The zero-order valence-corrected chi connectivity index (χ0v) is 20.4. The second-order valence-corrected chi connectivity index (χ2v) is 9.34. The van der Waals surface area contributed by atoms with Crippen molar-refractivity contribution >= 4 is 21.9 Å². The lowest BCUT2D eigenvalue weighted by molar-refractivity contribution is 0.174. The number of aromatic nitrogens is 4. The summed E-state index contributed by atoms with van der Waals surface area (Å²) in [4.78, 5) is 13.4. The maximum atomic E-state index is 9.51. The number of hydrogen-bond donors (Lipinski definition) is 0. The number of ether oxygens (including phenoxy) is 2. The maximum absolute atomic E-state index is 9.51. The van der Waals surface area contributed by atoms with Gasteiger partial charge < -0.3 is 14.0 Å². The Bertz CT molecular complexity index is 1870. The van der Waals surface area contributed by atoms with Crippen LogP contribution in [0, 0.1) is 22.8 Å². The van der Waals surface area contributed by atoms with Gasteiger partial charge >= 0.3 is 0 Å². The highest BCUT2D eigenvalue weighted by Crippen LogP contribution is 2.37. The average molecular weight is 488 g/mol. The van der Waals surface area contributed by atoms with Crippen LogP contribution in [0.25, 0.3) is 38.8 Å². The molecule has 0 bridgehead atoms. The van der Waals surface area contributed by atoms with Crippen LogP contribution >= 0.6 is 0 Å². The summed E-state index contributed by atoms with van der Waals surface area (Å²) in [6, 6.07) is 18.0. The van der Waals surface area contributed by atoms with E-state index >= 15 is 0 Å². The van der Waals surface area contributed by atoms with Gasteiger partial charge in [-0.2, -0.15) is 10.5 Å². The third-order valence-corrected chi connectivity index (χ3v) is 6.69. The molecule has 5 aromatic rings. The molecule has 0 radical (unpaired) electrons. The predicted molar refractivity (Wildman–Crippen MR) is 137 cm³/mol. The Morgan fingerprint density at radius 2 is 1.73 bits per heavy atom. The molecule has 9 nitrogen and oxygen atoms in total.